The van der Waals surface area contributed by atoms with E-state index in [0.29, 0.717) is 17.8 Å². The highest BCUT2D eigenvalue weighted by Crippen LogP contribution is 2.19. The molecule has 112 valence electrons. The Labute approximate surface area is 121 Å². The van der Waals surface area contributed by atoms with Crippen LogP contribution in [-0.4, -0.2) is 46.3 Å². The van der Waals surface area contributed by atoms with E-state index in [9.17, 15) is 4.79 Å². The van der Waals surface area contributed by atoms with Crippen LogP contribution in [0.1, 0.15) is 55.8 Å². The van der Waals surface area contributed by atoms with Crippen LogP contribution < -0.4 is 5.32 Å². The van der Waals surface area contributed by atoms with Crippen molar-refractivity contribution >= 4 is 5.91 Å². The molecule has 1 aliphatic heterocycles. The Hall–Kier alpha value is -1.36. The quantitative estimate of drug-likeness (QED) is 0.916. The summed E-state index contributed by atoms with van der Waals surface area (Å²) in [4.78, 5) is 14.4. The van der Waals surface area contributed by atoms with Crippen LogP contribution in [0.5, 0.6) is 0 Å². The molecule has 0 aliphatic carbocycles. The molecule has 0 spiro atoms. The highest BCUT2D eigenvalue weighted by molar-refractivity contribution is 5.92. The number of aryl methyl sites for hydroxylation is 1. The zero-order valence-corrected chi connectivity index (χ0v) is 13.0. The third kappa shape index (κ3) is 3.03. The van der Waals surface area contributed by atoms with Crippen LogP contribution in [0.15, 0.2) is 6.07 Å². The smallest absolute Gasteiger partial charge is 0.274 e. The average Bonchev–Trinajstić information content (AvgIpc) is 2.82. The van der Waals surface area contributed by atoms with Gasteiger partial charge in [-0.2, -0.15) is 5.10 Å². The van der Waals surface area contributed by atoms with Crippen LogP contribution in [0, 0.1) is 6.92 Å². The summed E-state index contributed by atoms with van der Waals surface area (Å²) in [6, 6.07) is 2.67. The fraction of sp³-hybridized carbons (Fsp3) is 0.733. The number of carbonyl (C=O) groups excluding carboxylic acids is 1. The second-order valence-electron chi connectivity index (χ2n) is 5.69. The lowest BCUT2D eigenvalue weighted by Gasteiger charge is -2.31. The first-order valence-corrected chi connectivity index (χ1v) is 7.65. The molecule has 0 aromatic carbocycles. The Morgan fingerprint density at radius 2 is 2.20 bits per heavy atom. The van der Waals surface area contributed by atoms with E-state index in [-0.39, 0.29) is 5.91 Å². The number of rotatable bonds is 4. The molecule has 5 nitrogen and oxygen atoms in total. The van der Waals surface area contributed by atoms with Crippen molar-refractivity contribution in [2.75, 3.05) is 19.6 Å². The van der Waals surface area contributed by atoms with Gasteiger partial charge in [0.2, 0.25) is 0 Å². The summed E-state index contributed by atoms with van der Waals surface area (Å²) < 4.78 is 2.01. The van der Waals surface area contributed by atoms with Crippen LogP contribution in [-0.2, 0) is 0 Å². The SMILES string of the molecule is CCC(CC)n1nc(C(=O)N2CCN[C@H](C)C2)cc1C. The summed E-state index contributed by atoms with van der Waals surface area (Å²) in [6.45, 7) is 10.8. The highest BCUT2D eigenvalue weighted by Gasteiger charge is 2.24. The first-order valence-electron chi connectivity index (χ1n) is 7.65. The topological polar surface area (TPSA) is 50.2 Å². The molecular weight excluding hydrogens is 252 g/mol. The molecule has 0 saturated carbocycles. The van der Waals surface area contributed by atoms with E-state index in [2.05, 4.69) is 31.2 Å². The van der Waals surface area contributed by atoms with Gasteiger partial charge in [0.15, 0.2) is 5.69 Å². The second-order valence-corrected chi connectivity index (χ2v) is 5.69. The van der Waals surface area contributed by atoms with Crippen LogP contribution >= 0.6 is 0 Å². The molecule has 2 heterocycles. The molecule has 1 fully saturated rings. The Balaban J connectivity index is 2.16. The van der Waals surface area contributed by atoms with Gasteiger partial charge in [0.05, 0.1) is 6.04 Å². The van der Waals surface area contributed by atoms with Gasteiger partial charge < -0.3 is 10.2 Å². The molecule has 0 bridgehead atoms. The minimum Gasteiger partial charge on any atom is -0.334 e. The molecule has 1 aromatic rings. The summed E-state index contributed by atoms with van der Waals surface area (Å²) in [5.41, 5.74) is 1.66. The van der Waals surface area contributed by atoms with Gasteiger partial charge in [0.25, 0.3) is 5.91 Å². The zero-order chi connectivity index (χ0) is 14.7. The molecule has 1 atom stereocenters. The zero-order valence-electron chi connectivity index (χ0n) is 13.0. The fourth-order valence-electron chi connectivity index (χ4n) is 2.88. The van der Waals surface area contributed by atoms with Crippen molar-refractivity contribution in [3.8, 4) is 0 Å². The molecule has 1 N–H and O–H groups in total. The lowest BCUT2D eigenvalue weighted by atomic mass is 10.2. The number of hydrogen-bond acceptors (Lipinski definition) is 3. The van der Waals surface area contributed by atoms with Crippen molar-refractivity contribution in [3.05, 3.63) is 17.5 Å². The lowest BCUT2D eigenvalue weighted by molar-refractivity contribution is 0.0701. The van der Waals surface area contributed by atoms with Gasteiger partial charge in [-0.25, -0.2) is 0 Å². The van der Waals surface area contributed by atoms with E-state index in [1.54, 1.807) is 0 Å². The molecule has 20 heavy (non-hydrogen) atoms. The predicted octanol–water partition coefficient (Wildman–Crippen LogP) is 1.99. The van der Waals surface area contributed by atoms with E-state index in [1.807, 2.05) is 22.6 Å². The van der Waals surface area contributed by atoms with E-state index in [1.165, 1.54) is 0 Å². The monoisotopic (exact) mass is 278 g/mol. The third-order valence-electron chi connectivity index (χ3n) is 4.09. The van der Waals surface area contributed by atoms with Crippen molar-refractivity contribution in [1.82, 2.24) is 20.0 Å². The molecule has 1 saturated heterocycles. The lowest BCUT2D eigenvalue weighted by Crippen LogP contribution is -2.51. The third-order valence-corrected chi connectivity index (χ3v) is 4.09. The van der Waals surface area contributed by atoms with Crippen LogP contribution in [0.2, 0.25) is 0 Å². The van der Waals surface area contributed by atoms with Crippen LogP contribution in [0.25, 0.3) is 0 Å². The normalized spacial score (nSPS) is 19.6. The number of hydrogen-bond donors (Lipinski definition) is 1. The average molecular weight is 278 g/mol. The predicted molar refractivity (Wildman–Crippen MR) is 80.0 cm³/mol. The maximum atomic E-state index is 12.5. The molecule has 1 aliphatic rings. The van der Waals surface area contributed by atoms with Crippen LogP contribution in [0.4, 0.5) is 0 Å². The molecule has 2 rings (SSSR count). The van der Waals surface area contributed by atoms with Gasteiger partial charge in [-0.1, -0.05) is 13.8 Å². The molecule has 0 radical (unpaired) electrons. The Morgan fingerprint density at radius 1 is 1.50 bits per heavy atom. The first-order chi connectivity index (χ1) is 9.56. The maximum Gasteiger partial charge on any atom is 0.274 e. The van der Waals surface area contributed by atoms with Gasteiger partial charge in [0.1, 0.15) is 0 Å². The van der Waals surface area contributed by atoms with Crippen molar-refractivity contribution in [2.45, 2.75) is 52.6 Å². The molecule has 0 unspecified atom stereocenters. The fourth-order valence-corrected chi connectivity index (χ4v) is 2.88. The number of carbonyl (C=O) groups is 1. The Kier molecular flexibility index (Phi) is 4.81. The first kappa shape index (κ1) is 15.0. The highest BCUT2D eigenvalue weighted by atomic mass is 16.2. The van der Waals surface area contributed by atoms with E-state index in [4.69, 9.17) is 0 Å². The van der Waals surface area contributed by atoms with Crippen molar-refractivity contribution < 1.29 is 4.79 Å². The van der Waals surface area contributed by atoms with Gasteiger partial charge in [-0.3, -0.25) is 9.48 Å². The van der Waals surface area contributed by atoms with Gasteiger partial charge in [0, 0.05) is 31.4 Å². The minimum absolute atomic E-state index is 0.0613. The Morgan fingerprint density at radius 3 is 2.80 bits per heavy atom. The van der Waals surface area contributed by atoms with Crippen molar-refractivity contribution in [3.63, 3.8) is 0 Å². The Bertz CT molecular complexity index is 464. The summed E-state index contributed by atoms with van der Waals surface area (Å²) in [7, 11) is 0. The molecule has 1 aromatic heterocycles. The van der Waals surface area contributed by atoms with Gasteiger partial charge >= 0.3 is 0 Å². The standard InChI is InChI=1S/C15H26N4O/c1-5-13(6-2)19-12(4)9-14(17-19)15(20)18-8-7-16-11(3)10-18/h9,11,13,16H,5-8,10H2,1-4H3/t11-/m1/s1. The number of nitrogens with zero attached hydrogens (tertiary/aromatic N) is 3. The molecule has 1 amide bonds. The maximum absolute atomic E-state index is 12.5. The number of aromatic nitrogens is 2. The van der Waals surface area contributed by atoms with Gasteiger partial charge in [-0.15, -0.1) is 0 Å². The van der Waals surface area contributed by atoms with E-state index < -0.39 is 0 Å². The van der Waals surface area contributed by atoms with Crippen molar-refractivity contribution in [2.24, 2.45) is 0 Å². The van der Waals surface area contributed by atoms with Crippen molar-refractivity contribution in [1.29, 1.82) is 0 Å². The van der Waals surface area contributed by atoms with Gasteiger partial charge in [-0.05, 0) is 32.8 Å². The molecular formula is C15H26N4O. The summed E-state index contributed by atoms with van der Waals surface area (Å²) in [6.07, 6.45) is 2.08. The largest absolute Gasteiger partial charge is 0.334 e. The summed E-state index contributed by atoms with van der Waals surface area (Å²) in [5, 5.41) is 7.91. The van der Waals surface area contributed by atoms with E-state index in [0.717, 1.165) is 38.2 Å². The minimum atomic E-state index is 0.0613. The summed E-state index contributed by atoms with van der Waals surface area (Å²) in [5.74, 6) is 0.0613. The summed E-state index contributed by atoms with van der Waals surface area (Å²) >= 11 is 0. The molecule has 5 heteroatoms. The number of nitrogens with one attached hydrogen (secondary N) is 1. The second kappa shape index (κ2) is 6.39. The number of amides is 1. The number of piperazine rings is 1. The van der Waals surface area contributed by atoms with Crippen LogP contribution in [0.3, 0.4) is 0 Å². The van der Waals surface area contributed by atoms with E-state index >= 15 is 0 Å².